The molecule has 0 atom stereocenters. The summed E-state index contributed by atoms with van der Waals surface area (Å²) in [6.45, 7) is 3.97. The van der Waals surface area contributed by atoms with Gasteiger partial charge >= 0.3 is 0 Å². The van der Waals surface area contributed by atoms with Gasteiger partial charge < -0.3 is 11.5 Å². The lowest BCUT2D eigenvalue weighted by Crippen LogP contribution is -1.98. The van der Waals surface area contributed by atoms with Crippen molar-refractivity contribution < 1.29 is 0 Å². The summed E-state index contributed by atoms with van der Waals surface area (Å²) >= 11 is 6.50. The fraction of sp³-hybridized carbons (Fsp3) is 0.200. The number of nitrogens with two attached hydrogens (primary N) is 2. The van der Waals surface area contributed by atoms with Crippen molar-refractivity contribution in [3.8, 4) is 0 Å². The standard InChI is InChI=1S/C15H17ClN2/c1-9-7-11(3-5-13(9)17)15(16)12-4-6-14(18)10(2)8-12/h3-8,15H,17-18H2,1-2H3. The van der Waals surface area contributed by atoms with E-state index in [0.29, 0.717) is 0 Å². The predicted octanol–water partition coefficient (Wildman–Crippen LogP) is 3.80. The van der Waals surface area contributed by atoms with E-state index in [1.807, 2.05) is 50.2 Å². The van der Waals surface area contributed by atoms with Gasteiger partial charge in [0.05, 0.1) is 5.38 Å². The van der Waals surface area contributed by atoms with Gasteiger partial charge in [0.1, 0.15) is 0 Å². The first-order valence-electron chi connectivity index (χ1n) is 5.85. The molecule has 0 bridgehead atoms. The van der Waals surface area contributed by atoms with Crippen molar-refractivity contribution >= 4 is 23.0 Å². The van der Waals surface area contributed by atoms with Crippen molar-refractivity contribution in [2.24, 2.45) is 0 Å². The molecule has 0 saturated carbocycles. The average Bonchev–Trinajstić information content (AvgIpc) is 2.35. The van der Waals surface area contributed by atoms with Crippen molar-refractivity contribution in [1.82, 2.24) is 0 Å². The first-order chi connectivity index (χ1) is 8.49. The number of nitrogen functional groups attached to an aromatic ring is 2. The Morgan fingerprint density at radius 3 is 1.56 bits per heavy atom. The molecule has 0 fully saturated rings. The van der Waals surface area contributed by atoms with Crippen LogP contribution in [0.1, 0.15) is 27.6 Å². The maximum absolute atomic E-state index is 6.50. The highest BCUT2D eigenvalue weighted by molar-refractivity contribution is 6.22. The number of benzene rings is 2. The molecule has 4 N–H and O–H groups in total. The Morgan fingerprint density at radius 2 is 1.22 bits per heavy atom. The van der Waals surface area contributed by atoms with Gasteiger partial charge in [0.2, 0.25) is 0 Å². The summed E-state index contributed by atoms with van der Waals surface area (Å²) in [7, 11) is 0. The van der Waals surface area contributed by atoms with Crippen LogP contribution in [0.25, 0.3) is 0 Å². The number of alkyl halides is 1. The smallest absolute Gasteiger partial charge is 0.0835 e. The van der Waals surface area contributed by atoms with Crippen molar-refractivity contribution in [1.29, 1.82) is 0 Å². The van der Waals surface area contributed by atoms with Gasteiger partial charge in [-0.15, -0.1) is 11.6 Å². The van der Waals surface area contributed by atoms with E-state index in [4.69, 9.17) is 23.1 Å². The lowest BCUT2D eigenvalue weighted by Gasteiger charge is -2.13. The van der Waals surface area contributed by atoms with Crippen LogP contribution in [0.3, 0.4) is 0 Å². The summed E-state index contributed by atoms with van der Waals surface area (Å²) in [5, 5.41) is -0.177. The predicted molar refractivity (Wildman–Crippen MR) is 78.9 cm³/mol. The van der Waals surface area contributed by atoms with E-state index in [2.05, 4.69) is 0 Å². The van der Waals surface area contributed by atoms with Gasteiger partial charge in [-0.1, -0.05) is 24.3 Å². The molecule has 2 aromatic rings. The van der Waals surface area contributed by atoms with Gasteiger partial charge in [-0.05, 0) is 48.2 Å². The second-order valence-corrected chi connectivity index (χ2v) is 5.03. The molecule has 0 unspecified atom stereocenters. The monoisotopic (exact) mass is 260 g/mol. The molecule has 0 aromatic heterocycles. The van der Waals surface area contributed by atoms with Crippen molar-refractivity contribution in [2.75, 3.05) is 11.5 Å². The largest absolute Gasteiger partial charge is 0.399 e. The second kappa shape index (κ2) is 4.91. The van der Waals surface area contributed by atoms with Gasteiger partial charge in [0.25, 0.3) is 0 Å². The lowest BCUT2D eigenvalue weighted by molar-refractivity contribution is 1.13. The molecule has 0 radical (unpaired) electrons. The fourth-order valence-corrected chi connectivity index (χ4v) is 2.18. The number of halogens is 1. The van der Waals surface area contributed by atoms with Crippen LogP contribution in [0.5, 0.6) is 0 Å². The first-order valence-corrected chi connectivity index (χ1v) is 6.29. The second-order valence-electron chi connectivity index (χ2n) is 4.59. The Labute approximate surface area is 113 Å². The van der Waals surface area contributed by atoms with Gasteiger partial charge in [-0.2, -0.15) is 0 Å². The molecule has 0 saturated heterocycles. The number of rotatable bonds is 2. The summed E-state index contributed by atoms with van der Waals surface area (Å²) in [6, 6.07) is 11.8. The van der Waals surface area contributed by atoms with Crippen LogP contribution in [0, 0.1) is 13.8 Å². The van der Waals surface area contributed by atoms with Crippen LogP contribution in [0.2, 0.25) is 0 Å². The third-order valence-corrected chi connectivity index (χ3v) is 3.68. The van der Waals surface area contributed by atoms with E-state index in [-0.39, 0.29) is 5.38 Å². The Balaban J connectivity index is 2.37. The molecule has 2 nitrogen and oxygen atoms in total. The van der Waals surface area contributed by atoms with Gasteiger partial charge in [0, 0.05) is 11.4 Å². The number of hydrogen-bond donors (Lipinski definition) is 2. The summed E-state index contributed by atoms with van der Waals surface area (Å²) in [5.74, 6) is 0. The minimum atomic E-state index is -0.177. The Morgan fingerprint density at radius 1 is 0.833 bits per heavy atom. The minimum absolute atomic E-state index is 0.177. The third-order valence-electron chi connectivity index (χ3n) is 3.17. The maximum atomic E-state index is 6.50. The van der Waals surface area contributed by atoms with Gasteiger partial charge in [-0.3, -0.25) is 0 Å². The van der Waals surface area contributed by atoms with E-state index >= 15 is 0 Å². The van der Waals surface area contributed by atoms with Crippen LogP contribution in [-0.2, 0) is 0 Å². The topological polar surface area (TPSA) is 52.0 Å². The Kier molecular flexibility index (Phi) is 3.48. The number of anilines is 2. The summed E-state index contributed by atoms with van der Waals surface area (Å²) in [4.78, 5) is 0. The maximum Gasteiger partial charge on any atom is 0.0835 e. The van der Waals surface area contributed by atoms with E-state index in [1.54, 1.807) is 0 Å². The molecule has 2 aromatic carbocycles. The summed E-state index contributed by atoms with van der Waals surface area (Å²) in [5.41, 5.74) is 17.4. The van der Waals surface area contributed by atoms with Crippen LogP contribution in [0.4, 0.5) is 11.4 Å². The normalized spacial score (nSPS) is 10.9. The zero-order valence-corrected chi connectivity index (χ0v) is 11.3. The molecular weight excluding hydrogens is 244 g/mol. The zero-order valence-electron chi connectivity index (χ0n) is 10.6. The van der Waals surface area contributed by atoms with Crippen LogP contribution >= 0.6 is 11.6 Å². The third kappa shape index (κ3) is 2.44. The number of aryl methyl sites for hydroxylation is 2. The van der Waals surface area contributed by atoms with E-state index in [9.17, 15) is 0 Å². The Bertz CT molecular complexity index is 527. The van der Waals surface area contributed by atoms with Crippen LogP contribution in [-0.4, -0.2) is 0 Å². The van der Waals surface area contributed by atoms with E-state index < -0.39 is 0 Å². The summed E-state index contributed by atoms with van der Waals surface area (Å²) < 4.78 is 0. The molecule has 0 heterocycles. The van der Waals surface area contributed by atoms with Crippen LogP contribution in [0.15, 0.2) is 36.4 Å². The SMILES string of the molecule is Cc1cc(C(Cl)c2ccc(N)c(C)c2)ccc1N. The molecule has 18 heavy (non-hydrogen) atoms. The van der Waals surface area contributed by atoms with Crippen molar-refractivity contribution in [3.63, 3.8) is 0 Å². The molecule has 0 aliphatic carbocycles. The van der Waals surface area contributed by atoms with Crippen molar-refractivity contribution in [2.45, 2.75) is 19.2 Å². The van der Waals surface area contributed by atoms with Gasteiger partial charge in [-0.25, -0.2) is 0 Å². The molecule has 3 heteroatoms. The van der Waals surface area contributed by atoms with Crippen LogP contribution < -0.4 is 11.5 Å². The highest BCUT2D eigenvalue weighted by Crippen LogP contribution is 2.31. The van der Waals surface area contributed by atoms with Gasteiger partial charge in [0.15, 0.2) is 0 Å². The molecule has 0 spiro atoms. The zero-order chi connectivity index (χ0) is 13.3. The summed E-state index contributed by atoms with van der Waals surface area (Å²) in [6.07, 6.45) is 0. The molecule has 2 rings (SSSR count). The fourth-order valence-electron chi connectivity index (χ4n) is 1.91. The molecule has 0 aliphatic heterocycles. The molecule has 94 valence electrons. The van der Waals surface area contributed by atoms with Crippen molar-refractivity contribution in [3.05, 3.63) is 58.7 Å². The highest BCUT2D eigenvalue weighted by atomic mass is 35.5. The minimum Gasteiger partial charge on any atom is -0.399 e. The Hall–Kier alpha value is -1.67. The lowest BCUT2D eigenvalue weighted by atomic mass is 10.00. The number of hydrogen-bond acceptors (Lipinski definition) is 2. The first kappa shape index (κ1) is 12.8. The molecular formula is C15H17ClN2. The quantitative estimate of drug-likeness (QED) is 0.637. The van der Waals surface area contributed by atoms with E-state index in [1.165, 1.54) is 0 Å². The van der Waals surface area contributed by atoms with E-state index in [0.717, 1.165) is 33.6 Å². The average molecular weight is 261 g/mol. The molecule has 0 amide bonds. The highest BCUT2D eigenvalue weighted by Gasteiger charge is 2.12. The molecule has 0 aliphatic rings.